The van der Waals surface area contributed by atoms with Gasteiger partial charge in [0.05, 0.1) is 17.6 Å². The Balaban J connectivity index is 1.38. The summed E-state index contributed by atoms with van der Waals surface area (Å²) in [7, 11) is 0. The van der Waals surface area contributed by atoms with Gasteiger partial charge in [0.2, 0.25) is 0 Å². The van der Waals surface area contributed by atoms with Gasteiger partial charge in [-0.3, -0.25) is 0 Å². The zero-order chi connectivity index (χ0) is 15.2. The van der Waals surface area contributed by atoms with E-state index < -0.39 is 0 Å². The van der Waals surface area contributed by atoms with Gasteiger partial charge in [0.25, 0.3) is 0 Å². The number of aromatic amines is 1. The summed E-state index contributed by atoms with van der Waals surface area (Å²) in [6.07, 6.45) is 2.18. The molecule has 0 aliphatic carbocycles. The highest BCUT2D eigenvalue weighted by molar-refractivity contribution is 7.99. The van der Waals surface area contributed by atoms with Crippen molar-refractivity contribution < 1.29 is 4.74 Å². The van der Waals surface area contributed by atoms with Crippen LogP contribution in [0.4, 0.5) is 0 Å². The third kappa shape index (κ3) is 3.83. The van der Waals surface area contributed by atoms with E-state index in [1.165, 1.54) is 5.56 Å². The van der Waals surface area contributed by atoms with E-state index in [4.69, 9.17) is 4.74 Å². The second-order valence-corrected chi connectivity index (χ2v) is 6.31. The third-order valence-electron chi connectivity index (χ3n) is 3.50. The standard InChI is InChI=1S/C18H20N2OS/c1-14-8-2-5-11-17(14)21-12-6-7-13-22-18-19-15-9-3-4-10-16(15)20-18/h2-5,8-11H,6-7,12-13H2,1H3,(H,19,20). The van der Waals surface area contributed by atoms with Crippen LogP contribution in [0.2, 0.25) is 0 Å². The van der Waals surface area contributed by atoms with E-state index in [2.05, 4.69) is 29.0 Å². The smallest absolute Gasteiger partial charge is 0.166 e. The van der Waals surface area contributed by atoms with Crippen molar-refractivity contribution in [2.45, 2.75) is 24.9 Å². The first kappa shape index (κ1) is 15.0. The number of ether oxygens (including phenoxy) is 1. The molecule has 0 aliphatic rings. The van der Waals surface area contributed by atoms with Crippen LogP contribution in [0.5, 0.6) is 5.75 Å². The number of fused-ring (bicyclic) bond motifs is 1. The topological polar surface area (TPSA) is 37.9 Å². The second-order valence-electron chi connectivity index (χ2n) is 5.23. The minimum atomic E-state index is 0.769. The zero-order valence-electron chi connectivity index (χ0n) is 12.7. The van der Waals surface area contributed by atoms with Gasteiger partial charge in [0.15, 0.2) is 5.16 Å². The molecular formula is C18H20N2OS. The molecule has 0 unspecified atom stereocenters. The molecule has 0 amide bonds. The lowest BCUT2D eigenvalue weighted by Crippen LogP contribution is -1.99. The maximum absolute atomic E-state index is 5.80. The van der Waals surface area contributed by atoms with E-state index in [1.807, 2.05) is 36.4 Å². The summed E-state index contributed by atoms with van der Waals surface area (Å²) >= 11 is 1.77. The fourth-order valence-electron chi connectivity index (χ4n) is 2.27. The molecule has 1 N–H and O–H groups in total. The van der Waals surface area contributed by atoms with Crippen LogP contribution in [0.15, 0.2) is 53.7 Å². The molecule has 1 aromatic heterocycles. The largest absolute Gasteiger partial charge is 0.493 e. The normalized spacial score (nSPS) is 11.0. The Morgan fingerprint density at radius 2 is 1.86 bits per heavy atom. The number of hydrogen-bond donors (Lipinski definition) is 1. The molecule has 0 fully saturated rings. The molecule has 0 aliphatic heterocycles. The lowest BCUT2D eigenvalue weighted by atomic mass is 10.2. The monoisotopic (exact) mass is 312 g/mol. The second kappa shape index (κ2) is 7.36. The lowest BCUT2D eigenvalue weighted by molar-refractivity contribution is 0.308. The minimum Gasteiger partial charge on any atom is -0.493 e. The number of imidazole rings is 1. The van der Waals surface area contributed by atoms with Crippen LogP contribution < -0.4 is 4.74 Å². The average Bonchev–Trinajstić information content (AvgIpc) is 2.95. The molecule has 3 nitrogen and oxygen atoms in total. The van der Waals surface area contributed by atoms with Gasteiger partial charge in [-0.1, -0.05) is 42.1 Å². The molecule has 3 aromatic rings. The summed E-state index contributed by atoms with van der Waals surface area (Å²) in [5.74, 6) is 2.05. The number of rotatable bonds is 7. The number of para-hydroxylation sites is 3. The van der Waals surface area contributed by atoms with Crippen molar-refractivity contribution in [3.8, 4) is 5.75 Å². The van der Waals surface area contributed by atoms with Gasteiger partial charge in [-0.05, 0) is 43.5 Å². The Hall–Kier alpha value is -1.94. The van der Waals surface area contributed by atoms with Crippen LogP contribution in [0.1, 0.15) is 18.4 Å². The summed E-state index contributed by atoms with van der Waals surface area (Å²) in [6, 6.07) is 16.3. The molecule has 4 heteroatoms. The summed E-state index contributed by atoms with van der Waals surface area (Å²) in [5, 5.41) is 1.00. The molecule has 0 atom stereocenters. The zero-order valence-corrected chi connectivity index (χ0v) is 13.5. The van der Waals surface area contributed by atoms with Gasteiger partial charge in [-0.2, -0.15) is 0 Å². The minimum absolute atomic E-state index is 0.769. The van der Waals surface area contributed by atoms with Crippen molar-refractivity contribution in [1.29, 1.82) is 0 Å². The number of nitrogens with one attached hydrogen (secondary N) is 1. The molecule has 3 rings (SSSR count). The maximum Gasteiger partial charge on any atom is 0.166 e. The lowest BCUT2D eigenvalue weighted by Gasteiger charge is -2.08. The Kier molecular flexibility index (Phi) is 5.01. The fourth-order valence-corrected chi connectivity index (χ4v) is 3.16. The summed E-state index contributed by atoms with van der Waals surface area (Å²) < 4.78 is 5.80. The molecule has 0 spiro atoms. The predicted molar refractivity (Wildman–Crippen MR) is 92.7 cm³/mol. The van der Waals surface area contributed by atoms with E-state index in [-0.39, 0.29) is 0 Å². The number of aromatic nitrogens is 2. The number of aryl methyl sites for hydroxylation is 1. The Morgan fingerprint density at radius 1 is 1.05 bits per heavy atom. The average molecular weight is 312 g/mol. The molecule has 0 bridgehead atoms. The van der Waals surface area contributed by atoms with Crippen LogP contribution in [-0.4, -0.2) is 22.3 Å². The van der Waals surface area contributed by atoms with E-state index >= 15 is 0 Å². The summed E-state index contributed by atoms with van der Waals surface area (Å²) in [5.41, 5.74) is 3.33. The molecule has 0 radical (unpaired) electrons. The van der Waals surface area contributed by atoms with Gasteiger partial charge in [-0.15, -0.1) is 0 Å². The summed E-state index contributed by atoms with van der Waals surface area (Å²) in [6.45, 7) is 2.85. The SMILES string of the molecule is Cc1ccccc1OCCCCSc1nc2ccccc2[nH]1. The van der Waals surface area contributed by atoms with Crippen molar-refractivity contribution >= 4 is 22.8 Å². The summed E-state index contributed by atoms with van der Waals surface area (Å²) in [4.78, 5) is 7.91. The van der Waals surface area contributed by atoms with Gasteiger partial charge in [0, 0.05) is 5.75 Å². The molecule has 1 heterocycles. The van der Waals surface area contributed by atoms with Crippen LogP contribution >= 0.6 is 11.8 Å². The van der Waals surface area contributed by atoms with Crippen molar-refractivity contribution in [2.75, 3.05) is 12.4 Å². The molecule has 0 saturated carbocycles. The maximum atomic E-state index is 5.80. The van der Waals surface area contributed by atoms with E-state index in [9.17, 15) is 0 Å². The molecular weight excluding hydrogens is 292 g/mol. The van der Waals surface area contributed by atoms with Gasteiger partial charge < -0.3 is 9.72 Å². The first-order valence-corrected chi connectivity index (χ1v) is 8.57. The molecule has 22 heavy (non-hydrogen) atoms. The van der Waals surface area contributed by atoms with E-state index in [0.717, 1.165) is 47.1 Å². The first-order valence-electron chi connectivity index (χ1n) is 7.59. The number of hydrogen-bond acceptors (Lipinski definition) is 3. The van der Waals surface area contributed by atoms with Crippen molar-refractivity contribution in [2.24, 2.45) is 0 Å². The number of unbranched alkanes of at least 4 members (excludes halogenated alkanes) is 1. The van der Waals surface area contributed by atoms with Crippen LogP contribution in [0, 0.1) is 6.92 Å². The highest BCUT2D eigenvalue weighted by Crippen LogP contribution is 2.20. The van der Waals surface area contributed by atoms with Crippen molar-refractivity contribution in [3.63, 3.8) is 0 Å². The third-order valence-corrected chi connectivity index (χ3v) is 4.46. The molecule has 0 saturated heterocycles. The van der Waals surface area contributed by atoms with E-state index in [1.54, 1.807) is 11.8 Å². The van der Waals surface area contributed by atoms with Crippen LogP contribution in [0.25, 0.3) is 11.0 Å². The predicted octanol–water partition coefficient (Wildman–Crippen LogP) is 4.82. The van der Waals surface area contributed by atoms with Crippen molar-refractivity contribution in [3.05, 3.63) is 54.1 Å². The molecule has 114 valence electrons. The highest BCUT2D eigenvalue weighted by atomic mass is 32.2. The van der Waals surface area contributed by atoms with Crippen molar-refractivity contribution in [1.82, 2.24) is 9.97 Å². The van der Waals surface area contributed by atoms with Crippen LogP contribution in [0.3, 0.4) is 0 Å². The number of H-pyrrole nitrogens is 1. The van der Waals surface area contributed by atoms with Gasteiger partial charge in [0.1, 0.15) is 5.75 Å². The fraction of sp³-hybridized carbons (Fsp3) is 0.278. The Morgan fingerprint density at radius 3 is 2.73 bits per heavy atom. The number of nitrogens with zero attached hydrogens (tertiary/aromatic N) is 1. The van der Waals surface area contributed by atoms with Gasteiger partial charge >= 0.3 is 0 Å². The highest BCUT2D eigenvalue weighted by Gasteiger charge is 2.02. The van der Waals surface area contributed by atoms with E-state index in [0.29, 0.717) is 0 Å². The Bertz CT molecular complexity index is 706. The van der Waals surface area contributed by atoms with Crippen LogP contribution in [-0.2, 0) is 0 Å². The molecule has 2 aromatic carbocycles. The van der Waals surface area contributed by atoms with Gasteiger partial charge in [-0.25, -0.2) is 4.98 Å². The quantitative estimate of drug-likeness (QED) is 0.502. The number of thioether (sulfide) groups is 1. The number of benzene rings is 2. The first-order chi connectivity index (χ1) is 10.8. The Labute approximate surface area is 135 Å².